The Labute approximate surface area is 125 Å². The second kappa shape index (κ2) is 6.83. The van der Waals surface area contributed by atoms with Crippen LogP contribution in [0.25, 0.3) is 0 Å². The second-order valence-electron chi connectivity index (χ2n) is 5.07. The van der Waals surface area contributed by atoms with Gasteiger partial charge >= 0.3 is 0 Å². The SMILES string of the molecule is C[C@]1(CC(F)F)COC[C@@H](COc2ccc(Br)cc2)O1. The molecule has 1 aliphatic heterocycles. The Morgan fingerprint density at radius 2 is 2.10 bits per heavy atom. The van der Waals surface area contributed by atoms with Crippen LogP contribution in [0.1, 0.15) is 13.3 Å². The third kappa shape index (κ3) is 4.68. The van der Waals surface area contributed by atoms with E-state index in [1.54, 1.807) is 6.92 Å². The normalized spacial score (nSPS) is 26.8. The van der Waals surface area contributed by atoms with Gasteiger partial charge in [0, 0.05) is 10.9 Å². The molecule has 0 N–H and O–H groups in total. The highest BCUT2D eigenvalue weighted by atomic mass is 79.9. The van der Waals surface area contributed by atoms with Crippen LogP contribution in [-0.4, -0.2) is 38.0 Å². The number of hydrogen-bond acceptors (Lipinski definition) is 3. The summed E-state index contributed by atoms with van der Waals surface area (Å²) in [4.78, 5) is 0. The highest BCUT2D eigenvalue weighted by Gasteiger charge is 2.36. The average molecular weight is 351 g/mol. The van der Waals surface area contributed by atoms with Crippen LogP contribution in [0.2, 0.25) is 0 Å². The van der Waals surface area contributed by atoms with Crippen molar-refractivity contribution in [1.82, 2.24) is 0 Å². The summed E-state index contributed by atoms with van der Waals surface area (Å²) in [6, 6.07) is 7.39. The highest BCUT2D eigenvalue weighted by molar-refractivity contribution is 9.10. The molecule has 1 aromatic rings. The minimum absolute atomic E-state index is 0.187. The Balaban J connectivity index is 1.85. The summed E-state index contributed by atoms with van der Waals surface area (Å²) in [7, 11) is 0. The lowest BCUT2D eigenvalue weighted by Gasteiger charge is -2.38. The summed E-state index contributed by atoms with van der Waals surface area (Å²) in [5.74, 6) is 0.706. The van der Waals surface area contributed by atoms with Crippen molar-refractivity contribution in [3.8, 4) is 5.75 Å². The first-order valence-corrected chi connectivity index (χ1v) is 7.18. The van der Waals surface area contributed by atoms with E-state index >= 15 is 0 Å². The average Bonchev–Trinajstić information content (AvgIpc) is 2.37. The van der Waals surface area contributed by atoms with Gasteiger partial charge in [0.05, 0.1) is 18.8 Å². The molecule has 1 aliphatic rings. The van der Waals surface area contributed by atoms with Crippen LogP contribution in [0.3, 0.4) is 0 Å². The Morgan fingerprint density at radius 3 is 2.75 bits per heavy atom. The van der Waals surface area contributed by atoms with Crippen molar-refractivity contribution in [1.29, 1.82) is 0 Å². The van der Waals surface area contributed by atoms with Crippen LogP contribution in [0.5, 0.6) is 5.75 Å². The summed E-state index contributed by atoms with van der Waals surface area (Å²) in [6.07, 6.45) is -3.08. The van der Waals surface area contributed by atoms with Gasteiger partial charge in [-0.2, -0.15) is 0 Å². The van der Waals surface area contributed by atoms with Crippen molar-refractivity contribution in [2.45, 2.75) is 31.5 Å². The van der Waals surface area contributed by atoms with E-state index in [2.05, 4.69) is 15.9 Å². The molecule has 0 unspecified atom stereocenters. The summed E-state index contributed by atoms with van der Waals surface area (Å²) in [6.45, 7) is 2.47. The summed E-state index contributed by atoms with van der Waals surface area (Å²) in [5.41, 5.74) is -0.944. The molecule has 0 saturated carbocycles. The third-order valence-corrected chi connectivity index (χ3v) is 3.53. The molecule has 1 saturated heterocycles. The molecule has 0 radical (unpaired) electrons. The van der Waals surface area contributed by atoms with E-state index in [1.165, 1.54) is 0 Å². The van der Waals surface area contributed by atoms with Crippen molar-refractivity contribution in [3.63, 3.8) is 0 Å². The molecule has 0 bridgehead atoms. The fraction of sp³-hybridized carbons (Fsp3) is 0.571. The van der Waals surface area contributed by atoms with Crippen molar-refractivity contribution in [2.24, 2.45) is 0 Å². The third-order valence-electron chi connectivity index (χ3n) is 3.00. The Morgan fingerprint density at radius 1 is 1.40 bits per heavy atom. The van der Waals surface area contributed by atoms with E-state index < -0.39 is 12.0 Å². The second-order valence-corrected chi connectivity index (χ2v) is 5.98. The molecule has 6 heteroatoms. The number of benzene rings is 1. The first-order chi connectivity index (χ1) is 9.47. The zero-order valence-corrected chi connectivity index (χ0v) is 12.7. The Hall–Kier alpha value is -0.720. The minimum atomic E-state index is -2.41. The quantitative estimate of drug-likeness (QED) is 0.811. The van der Waals surface area contributed by atoms with Gasteiger partial charge in [0.2, 0.25) is 6.43 Å². The van der Waals surface area contributed by atoms with Gasteiger partial charge in [0.15, 0.2) is 0 Å². The number of rotatable bonds is 5. The van der Waals surface area contributed by atoms with Crippen LogP contribution >= 0.6 is 15.9 Å². The van der Waals surface area contributed by atoms with Gasteiger partial charge in [-0.05, 0) is 31.2 Å². The maximum atomic E-state index is 12.5. The molecular weight excluding hydrogens is 334 g/mol. The lowest BCUT2D eigenvalue weighted by Crippen LogP contribution is -2.48. The van der Waals surface area contributed by atoms with Crippen molar-refractivity contribution in [2.75, 3.05) is 19.8 Å². The molecule has 2 atom stereocenters. The van der Waals surface area contributed by atoms with Crippen molar-refractivity contribution >= 4 is 15.9 Å². The lowest BCUT2D eigenvalue weighted by atomic mass is 10.0. The number of halogens is 3. The summed E-state index contributed by atoms with van der Waals surface area (Å²) in [5, 5.41) is 0. The largest absolute Gasteiger partial charge is 0.491 e. The lowest BCUT2D eigenvalue weighted by molar-refractivity contribution is -0.209. The van der Waals surface area contributed by atoms with Gasteiger partial charge in [-0.1, -0.05) is 15.9 Å². The van der Waals surface area contributed by atoms with E-state index in [0.29, 0.717) is 12.4 Å². The monoisotopic (exact) mass is 350 g/mol. The van der Waals surface area contributed by atoms with E-state index in [0.717, 1.165) is 4.47 Å². The molecule has 112 valence electrons. The van der Waals surface area contributed by atoms with E-state index in [-0.39, 0.29) is 25.7 Å². The number of hydrogen-bond donors (Lipinski definition) is 0. The van der Waals surface area contributed by atoms with E-state index in [1.807, 2.05) is 24.3 Å². The first kappa shape index (κ1) is 15.7. The number of ether oxygens (including phenoxy) is 3. The molecule has 2 rings (SSSR count). The predicted molar refractivity (Wildman–Crippen MR) is 74.4 cm³/mol. The minimum Gasteiger partial charge on any atom is -0.491 e. The Bertz CT molecular complexity index is 427. The number of alkyl halides is 2. The van der Waals surface area contributed by atoms with Crippen LogP contribution in [0.15, 0.2) is 28.7 Å². The van der Waals surface area contributed by atoms with Crippen LogP contribution in [-0.2, 0) is 9.47 Å². The van der Waals surface area contributed by atoms with Gasteiger partial charge in [-0.3, -0.25) is 0 Å². The molecule has 1 fully saturated rings. The predicted octanol–water partition coefficient (Wildman–Crippen LogP) is 3.66. The fourth-order valence-electron chi connectivity index (χ4n) is 2.11. The van der Waals surface area contributed by atoms with Gasteiger partial charge in [-0.25, -0.2) is 8.78 Å². The molecular formula is C14H17BrF2O3. The van der Waals surface area contributed by atoms with Crippen LogP contribution in [0.4, 0.5) is 8.78 Å². The van der Waals surface area contributed by atoms with Crippen LogP contribution in [0, 0.1) is 0 Å². The highest BCUT2D eigenvalue weighted by Crippen LogP contribution is 2.26. The zero-order chi connectivity index (χ0) is 14.6. The standard InChI is InChI=1S/C14H17BrF2O3/c1-14(6-13(16)17)9-18-7-12(20-14)8-19-11-4-2-10(15)3-5-11/h2-5,12-13H,6-9H2,1H3/t12-,14-/m0/s1. The van der Waals surface area contributed by atoms with Gasteiger partial charge < -0.3 is 14.2 Å². The topological polar surface area (TPSA) is 27.7 Å². The summed E-state index contributed by atoms with van der Waals surface area (Å²) >= 11 is 3.34. The first-order valence-electron chi connectivity index (χ1n) is 6.39. The van der Waals surface area contributed by atoms with Crippen molar-refractivity contribution in [3.05, 3.63) is 28.7 Å². The molecule has 0 spiro atoms. The summed E-state index contributed by atoms with van der Waals surface area (Å²) < 4.78 is 42.6. The molecule has 3 nitrogen and oxygen atoms in total. The smallest absolute Gasteiger partial charge is 0.241 e. The van der Waals surface area contributed by atoms with Gasteiger partial charge in [0.25, 0.3) is 0 Å². The van der Waals surface area contributed by atoms with E-state index in [9.17, 15) is 8.78 Å². The van der Waals surface area contributed by atoms with Crippen LogP contribution < -0.4 is 4.74 Å². The van der Waals surface area contributed by atoms with Gasteiger partial charge in [0.1, 0.15) is 18.5 Å². The molecule has 0 aliphatic carbocycles. The molecule has 1 heterocycles. The molecule has 0 amide bonds. The van der Waals surface area contributed by atoms with E-state index in [4.69, 9.17) is 14.2 Å². The fourth-order valence-corrected chi connectivity index (χ4v) is 2.38. The maximum Gasteiger partial charge on any atom is 0.241 e. The van der Waals surface area contributed by atoms with Gasteiger partial charge in [-0.15, -0.1) is 0 Å². The zero-order valence-electron chi connectivity index (χ0n) is 11.2. The molecule has 0 aromatic heterocycles. The molecule has 20 heavy (non-hydrogen) atoms. The Kier molecular flexibility index (Phi) is 5.35. The molecule has 1 aromatic carbocycles. The van der Waals surface area contributed by atoms with Crippen molar-refractivity contribution < 1.29 is 23.0 Å². The maximum absolute atomic E-state index is 12.5.